The molecule has 0 bridgehead atoms. The highest BCUT2D eigenvalue weighted by Crippen LogP contribution is 2.29. The number of aliphatic hydroxyl groups excluding tert-OH is 1. The molecule has 0 atom stereocenters. The maximum absolute atomic E-state index is 12.3. The summed E-state index contributed by atoms with van der Waals surface area (Å²) in [5.41, 5.74) is 1.96. The number of hydrogen-bond acceptors (Lipinski definition) is 3. The van der Waals surface area contributed by atoms with Gasteiger partial charge >= 0.3 is 6.03 Å². The summed E-state index contributed by atoms with van der Waals surface area (Å²) in [4.78, 5) is 14.7. The summed E-state index contributed by atoms with van der Waals surface area (Å²) in [6.45, 7) is 2.72. The van der Waals surface area contributed by atoms with Crippen molar-refractivity contribution >= 4 is 11.7 Å². The summed E-state index contributed by atoms with van der Waals surface area (Å²) in [6, 6.07) is 8.13. The molecule has 1 aliphatic carbocycles. The number of benzene rings is 1. The molecular formula is C19H29N3O2. The van der Waals surface area contributed by atoms with Crippen LogP contribution in [0, 0.1) is 0 Å². The third-order valence-corrected chi connectivity index (χ3v) is 5.37. The van der Waals surface area contributed by atoms with E-state index in [2.05, 4.69) is 33.7 Å². The topological polar surface area (TPSA) is 64.6 Å². The third-order valence-electron chi connectivity index (χ3n) is 5.37. The van der Waals surface area contributed by atoms with Crippen molar-refractivity contribution < 1.29 is 9.90 Å². The van der Waals surface area contributed by atoms with Crippen molar-refractivity contribution in [3.05, 3.63) is 29.8 Å². The van der Waals surface area contributed by atoms with Gasteiger partial charge in [0.15, 0.2) is 0 Å². The molecule has 1 aromatic rings. The second-order valence-electron chi connectivity index (χ2n) is 7.13. The van der Waals surface area contributed by atoms with Gasteiger partial charge in [-0.3, -0.25) is 0 Å². The minimum Gasteiger partial charge on any atom is -0.394 e. The average Bonchev–Trinajstić information content (AvgIpc) is 3.10. The molecule has 3 N–H and O–H groups in total. The van der Waals surface area contributed by atoms with Crippen molar-refractivity contribution in [1.82, 2.24) is 10.6 Å². The number of piperidine rings is 1. The van der Waals surface area contributed by atoms with Gasteiger partial charge in [-0.2, -0.15) is 0 Å². The van der Waals surface area contributed by atoms with E-state index in [9.17, 15) is 9.90 Å². The summed E-state index contributed by atoms with van der Waals surface area (Å²) in [5.74, 6) is 0. The Labute approximate surface area is 144 Å². The molecule has 1 saturated carbocycles. The van der Waals surface area contributed by atoms with Crippen LogP contribution in [0.3, 0.4) is 0 Å². The van der Waals surface area contributed by atoms with Gasteiger partial charge in [0, 0.05) is 25.3 Å². The molecule has 5 nitrogen and oxygen atoms in total. The summed E-state index contributed by atoms with van der Waals surface area (Å²) in [6.07, 6.45) is 7.64. The largest absolute Gasteiger partial charge is 0.394 e. The highest BCUT2D eigenvalue weighted by molar-refractivity contribution is 5.75. The quantitative estimate of drug-likeness (QED) is 0.777. The van der Waals surface area contributed by atoms with E-state index >= 15 is 0 Å². The normalized spacial score (nSPS) is 20.0. The van der Waals surface area contributed by atoms with E-state index in [0.29, 0.717) is 6.54 Å². The van der Waals surface area contributed by atoms with Gasteiger partial charge in [0.05, 0.1) is 12.1 Å². The van der Waals surface area contributed by atoms with Gasteiger partial charge < -0.3 is 20.6 Å². The first-order valence-corrected chi connectivity index (χ1v) is 9.22. The summed E-state index contributed by atoms with van der Waals surface area (Å²) in [7, 11) is 0. The van der Waals surface area contributed by atoms with Gasteiger partial charge in [-0.1, -0.05) is 31.0 Å². The molecule has 3 rings (SSSR count). The van der Waals surface area contributed by atoms with Crippen molar-refractivity contribution in [1.29, 1.82) is 0 Å². The molecular weight excluding hydrogens is 302 g/mol. The van der Waals surface area contributed by atoms with Crippen LogP contribution in [-0.2, 0) is 6.54 Å². The molecule has 2 aliphatic rings. The molecule has 24 heavy (non-hydrogen) atoms. The number of nitrogens with one attached hydrogen (secondary N) is 2. The molecule has 1 aromatic carbocycles. The van der Waals surface area contributed by atoms with Gasteiger partial charge in [-0.05, 0) is 43.7 Å². The van der Waals surface area contributed by atoms with Crippen LogP contribution in [0.25, 0.3) is 0 Å². The van der Waals surface area contributed by atoms with Crippen LogP contribution in [0.15, 0.2) is 24.3 Å². The first-order chi connectivity index (χ1) is 11.7. The third kappa shape index (κ3) is 4.01. The highest BCUT2D eigenvalue weighted by Gasteiger charge is 2.34. The van der Waals surface area contributed by atoms with E-state index in [4.69, 9.17) is 0 Å². The number of hydrogen-bond donors (Lipinski definition) is 3. The number of rotatable bonds is 5. The second-order valence-corrected chi connectivity index (χ2v) is 7.13. The maximum atomic E-state index is 12.3. The standard InChI is InChI=1S/C19H29N3O2/c23-15-19(10-4-5-11-19)21-18(24)20-14-16-8-2-3-9-17(16)22-12-6-1-7-13-22/h2-3,8-9,23H,1,4-7,10-15H2,(H2,20,21,24). The lowest BCUT2D eigenvalue weighted by Gasteiger charge is -2.31. The maximum Gasteiger partial charge on any atom is 0.315 e. The van der Waals surface area contributed by atoms with Crippen LogP contribution >= 0.6 is 0 Å². The SMILES string of the molecule is O=C(NCc1ccccc1N1CCCCC1)NC1(CO)CCCC1. The number of urea groups is 1. The predicted molar refractivity (Wildman–Crippen MR) is 96.2 cm³/mol. The molecule has 0 spiro atoms. The number of aliphatic hydroxyl groups is 1. The Morgan fingerprint density at radius 1 is 1.08 bits per heavy atom. The first kappa shape index (κ1) is 17.1. The molecule has 2 amide bonds. The van der Waals surface area contributed by atoms with Gasteiger partial charge in [-0.15, -0.1) is 0 Å². The summed E-state index contributed by atoms with van der Waals surface area (Å²) in [5, 5.41) is 15.6. The molecule has 0 unspecified atom stereocenters. The number of anilines is 1. The van der Waals surface area contributed by atoms with Gasteiger partial charge in [0.2, 0.25) is 0 Å². The summed E-state index contributed by atoms with van der Waals surface area (Å²) >= 11 is 0. The molecule has 0 aromatic heterocycles. The lowest BCUT2D eigenvalue weighted by molar-refractivity contribution is 0.163. The van der Waals surface area contributed by atoms with Gasteiger partial charge in [-0.25, -0.2) is 4.79 Å². The Morgan fingerprint density at radius 2 is 1.79 bits per heavy atom. The van der Waals surface area contributed by atoms with Gasteiger partial charge in [0.1, 0.15) is 0 Å². The summed E-state index contributed by atoms with van der Waals surface area (Å²) < 4.78 is 0. The van der Waals surface area contributed by atoms with E-state index in [0.717, 1.165) is 44.3 Å². The second kappa shape index (κ2) is 7.88. The zero-order valence-corrected chi connectivity index (χ0v) is 14.4. The number of carbonyl (C=O) groups excluding carboxylic acids is 1. The zero-order valence-electron chi connectivity index (χ0n) is 14.4. The molecule has 5 heteroatoms. The monoisotopic (exact) mass is 331 g/mol. The van der Waals surface area contributed by atoms with E-state index in [-0.39, 0.29) is 12.6 Å². The number of para-hydroxylation sites is 1. The van der Waals surface area contributed by atoms with Crippen LogP contribution in [-0.4, -0.2) is 36.4 Å². The van der Waals surface area contributed by atoms with Crippen LogP contribution in [0.5, 0.6) is 0 Å². The fraction of sp³-hybridized carbons (Fsp3) is 0.632. The zero-order chi connectivity index (χ0) is 16.8. The molecule has 1 heterocycles. The molecule has 0 radical (unpaired) electrons. The van der Waals surface area contributed by atoms with E-state index in [1.807, 2.05) is 6.07 Å². The average molecular weight is 331 g/mol. The molecule has 2 fully saturated rings. The van der Waals surface area contributed by atoms with Crippen molar-refractivity contribution in [2.45, 2.75) is 57.0 Å². The van der Waals surface area contributed by atoms with Crippen molar-refractivity contribution in [3.8, 4) is 0 Å². The van der Waals surface area contributed by atoms with Crippen LogP contribution in [0.2, 0.25) is 0 Å². The number of carbonyl (C=O) groups is 1. The Kier molecular flexibility index (Phi) is 5.61. The minimum absolute atomic E-state index is 0.0186. The van der Waals surface area contributed by atoms with E-state index in [1.54, 1.807) is 0 Å². The number of nitrogens with zero attached hydrogens (tertiary/aromatic N) is 1. The lowest BCUT2D eigenvalue weighted by Crippen LogP contribution is -2.52. The molecule has 1 aliphatic heterocycles. The Bertz CT molecular complexity index is 549. The van der Waals surface area contributed by atoms with E-state index in [1.165, 1.54) is 24.9 Å². The Balaban J connectivity index is 1.59. The van der Waals surface area contributed by atoms with Crippen LogP contribution in [0.4, 0.5) is 10.5 Å². The van der Waals surface area contributed by atoms with E-state index < -0.39 is 5.54 Å². The van der Waals surface area contributed by atoms with Crippen LogP contribution < -0.4 is 15.5 Å². The van der Waals surface area contributed by atoms with Crippen molar-refractivity contribution in [2.75, 3.05) is 24.6 Å². The van der Waals surface area contributed by atoms with Crippen molar-refractivity contribution in [3.63, 3.8) is 0 Å². The molecule has 132 valence electrons. The first-order valence-electron chi connectivity index (χ1n) is 9.22. The van der Waals surface area contributed by atoms with Crippen molar-refractivity contribution in [2.24, 2.45) is 0 Å². The minimum atomic E-state index is -0.420. The predicted octanol–water partition coefficient (Wildman–Crippen LogP) is 2.78. The Hall–Kier alpha value is -1.75. The fourth-order valence-electron chi connectivity index (χ4n) is 3.94. The van der Waals surface area contributed by atoms with Gasteiger partial charge in [0.25, 0.3) is 0 Å². The lowest BCUT2D eigenvalue weighted by atomic mass is 9.99. The Morgan fingerprint density at radius 3 is 2.50 bits per heavy atom. The number of amides is 2. The fourth-order valence-corrected chi connectivity index (χ4v) is 3.94. The smallest absolute Gasteiger partial charge is 0.315 e. The molecule has 1 saturated heterocycles. The highest BCUT2D eigenvalue weighted by atomic mass is 16.3. The van der Waals surface area contributed by atoms with Crippen LogP contribution in [0.1, 0.15) is 50.5 Å².